The van der Waals surface area contributed by atoms with Crippen molar-refractivity contribution < 1.29 is 23.8 Å². The van der Waals surface area contributed by atoms with Crippen molar-refractivity contribution in [2.24, 2.45) is 5.92 Å². The van der Waals surface area contributed by atoms with E-state index in [2.05, 4.69) is 10.3 Å². The van der Waals surface area contributed by atoms with E-state index in [4.69, 9.17) is 9.15 Å². The number of ether oxygens (including phenoxy) is 1. The van der Waals surface area contributed by atoms with E-state index in [1.54, 1.807) is 23.0 Å². The van der Waals surface area contributed by atoms with Gasteiger partial charge in [0.05, 0.1) is 6.54 Å². The number of hydrogen-bond acceptors (Lipinski definition) is 6. The third-order valence-corrected chi connectivity index (χ3v) is 7.13. The van der Waals surface area contributed by atoms with Crippen molar-refractivity contribution in [3.8, 4) is 5.75 Å². The van der Waals surface area contributed by atoms with E-state index < -0.39 is 12.0 Å². The Labute approximate surface area is 221 Å². The van der Waals surface area contributed by atoms with Gasteiger partial charge in [-0.3, -0.25) is 4.79 Å². The number of Topliss-reactive ketones (excluding diaryl/α,β-unsaturated/α-hetero) is 1. The first-order valence-electron chi connectivity index (χ1n) is 13.3. The quantitative estimate of drug-likeness (QED) is 0.191. The molecular weight excluding hydrogens is 482 g/mol. The van der Waals surface area contributed by atoms with Gasteiger partial charge in [-0.1, -0.05) is 43.5 Å². The van der Waals surface area contributed by atoms with Crippen LogP contribution in [-0.2, 0) is 17.8 Å². The second-order valence-electron chi connectivity index (χ2n) is 9.85. The molecule has 5 rings (SSSR count). The van der Waals surface area contributed by atoms with Gasteiger partial charge in [-0.15, -0.1) is 0 Å². The molecule has 0 unspecified atom stereocenters. The second kappa shape index (κ2) is 12.1. The molecule has 8 heteroatoms. The lowest BCUT2D eigenvalue weighted by Gasteiger charge is -2.19. The Morgan fingerprint density at radius 1 is 1.08 bits per heavy atom. The lowest BCUT2D eigenvalue weighted by molar-refractivity contribution is -0.140. The van der Waals surface area contributed by atoms with E-state index in [9.17, 15) is 14.7 Å². The summed E-state index contributed by atoms with van der Waals surface area (Å²) in [4.78, 5) is 29.3. The Hall–Kier alpha value is -3.91. The maximum atomic E-state index is 12.9. The topological polar surface area (TPSA) is 107 Å². The fourth-order valence-corrected chi connectivity index (χ4v) is 5.05. The number of aromatic nitrogens is 2. The summed E-state index contributed by atoms with van der Waals surface area (Å²) in [6, 6.07) is 16.1. The van der Waals surface area contributed by atoms with Gasteiger partial charge in [-0.25, -0.2) is 9.78 Å². The first-order chi connectivity index (χ1) is 18.6. The lowest BCUT2D eigenvalue weighted by atomic mass is 9.84. The van der Waals surface area contributed by atoms with Crippen molar-refractivity contribution >= 4 is 22.9 Å². The smallest absolute Gasteiger partial charge is 0.327 e. The number of aliphatic carboxylic acids is 1. The molecule has 0 amide bonds. The number of benzene rings is 2. The predicted octanol–water partition coefficient (Wildman–Crippen LogP) is 5.43. The third-order valence-electron chi connectivity index (χ3n) is 7.13. The summed E-state index contributed by atoms with van der Waals surface area (Å²) in [7, 11) is 0. The number of hydrogen-bond donors (Lipinski definition) is 2. The molecule has 4 aromatic rings. The van der Waals surface area contributed by atoms with Gasteiger partial charge in [0.1, 0.15) is 23.9 Å². The molecule has 0 saturated heterocycles. The van der Waals surface area contributed by atoms with E-state index in [0.717, 1.165) is 42.3 Å². The Balaban J connectivity index is 1.10. The number of rotatable bonds is 12. The van der Waals surface area contributed by atoms with Crippen LogP contribution < -0.4 is 10.1 Å². The summed E-state index contributed by atoms with van der Waals surface area (Å²) in [5.74, 6) is 0.620. The van der Waals surface area contributed by atoms with Crippen LogP contribution in [0.2, 0.25) is 0 Å². The van der Waals surface area contributed by atoms with Gasteiger partial charge in [0.2, 0.25) is 5.89 Å². The first kappa shape index (κ1) is 25.7. The standard InChI is InChI=1S/C30H33N3O5/c34-29(22-6-2-1-3-7-22)23-14-16-33(20-23)26(30(35)36)18-21-10-12-24(13-11-21)37-17-15-31-19-28-32-25-8-4-5-9-27(25)38-28/h4-5,8-14,16,20,22,26,31H,1-3,6-7,15,17-19H2,(H,35,36)/t26-/m0/s1. The highest BCUT2D eigenvalue weighted by Crippen LogP contribution is 2.28. The number of carbonyl (C=O) groups is 2. The van der Waals surface area contributed by atoms with E-state index >= 15 is 0 Å². The fourth-order valence-electron chi connectivity index (χ4n) is 5.05. The molecule has 2 N–H and O–H groups in total. The Morgan fingerprint density at radius 3 is 2.63 bits per heavy atom. The van der Waals surface area contributed by atoms with Crippen LogP contribution in [0.5, 0.6) is 5.75 Å². The number of oxazole rings is 1. The Morgan fingerprint density at radius 2 is 1.87 bits per heavy atom. The molecule has 0 bridgehead atoms. The molecule has 2 heterocycles. The van der Waals surface area contributed by atoms with Crippen LogP contribution in [0.1, 0.15) is 60.0 Å². The minimum atomic E-state index is -0.928. The molecule has 8 nitrogen and oxygen atoms in total. The Bertz CT molecular complexity index is 1340. The number of carboxylic acid groups (broad SMARTS) is 1. The van der Waals surface area contributed by atoms with Gasteiger partial charge in [0.25, 0.3) is 0 Å². The van der Waals surface area contributed by atoms with Gasteiger partial charge in [-0.05, 0) is 48.7 Å². The van der Waals surface area contributed by atoms with Gasteiger partial charge < -0.3 is 24.1 Å². The molecule has 1 aliphatic rings. The molecule has 1 saturated carbocycles. The monoisotopic (exact) mass is 515 g/mol. The van der Waals surface area contributed by atoms with Crippen molar-refractivity contribution in [3.63, 3.8) is 0 Å². The van der Waals surface area contributed by atoms with Crippen LogP contribution in [0.4, 0.5) is 0 Å². The van der Waals surface area contributed by atoms with Crippen LogP contribution >= 0.6 is 0 Å². The molecule has 1 fully saturated rings. The summed E-state index contributed by atoms with van der Waals surface area (Å²) in [6.45, 7) is 1.61. The number of ketones is 1. The molecule has 0 radical (unpaired) electrons. The SMILES string of the molecule is O=C(c1ccn([C@@H](Cc2ccc(OCCNCc3nc4ccccc4o3)cc2)C(=O)O)c1)C1CCCCC1. The van der Waals surface area contributed by atoms with E-state index in [0.29, 0.717) is 43.3 Å². The minimum absolute atomic E-state index is 0.0626. The van der Waals surface area contributed by atoms with Crippen molar-refractivity contribution in [3.05, 3.63) is 84.0 Å². The maximum absolute atomic E-state index is 12.9. The summed E-state index contributed by atoms with van der Waals surface area (Å²) < 4.78 is 13.1. The number of nitrogens with one attached hydrogen (secondary N) is 1. The number of nitrogens with zero attached hydrogens (tertiary/aromatic N) is 2. The summed E-state index contributed by atoms with van der Waals surface area (Å²) in [5.41, 5.74) is 3.11. The highest BCUT2D eigenvalue weighted by Gasteiger charge is 2.25. The zero-order chi connectivity index (χ0) is 26.3. The molecule has 1 atom stereocenters. The Kier molecular flexibility index (Phi) is 8.19. The second-order valence-corrected chi connectivity index (χ2v) is 9.85. The molecule has 0 spiro atoms. The molecule has 2 aromatic heterocycles. The van der Waals surface area contributed by atoms with Crippen LogP contribution in [-0.4, -0.2) is 39.6 Å². The van der Waals surface area contributed by atoms with Gasteiger partial charge in [-0.2, -0.15) is 0 Å². The number of fused-ring (bicyclic) bond motifs is 1. The molecule has 1 aliphatic carbocycles. The van der Waals surface area contributed by atoms with Gasteiger partial charge in [0.15, 0.2) is 11.4 Å². The van der Waals surface area contributed by atoms with Crippen LogP contribution in [0.25, 0.3) is 11.1 Å². The fraction of sp³-hybridized carbons (Fsp3) is 0.367. The zero-order valence-electron chi connectivity index (χ0n) is 21.3. The summed E-state index contributed by atoms with van der Waals surface area (Å²) in [5, 5.41) is 13.1. The van der Waals surface area contributed by atoms with Gasteiger partial charge in [0, 0.05) is 36.8 Å². The molecule has 38 heavy (non-hydrogen) atoms. The number of carboxylic acids is 1. The largest absolute Gasteiger partial charge is 0.492 e. The lowest BCUT2D eigenvalue weighted by Crippen LogP contribution is -2.21. The van der Waals surface area contributed by atoms with E-state index in [1.165, 1.54) is 6.42 Å². The normalized spacial score (nSPS) is 14.9. The third kappa shape index (κ3) is 6.31. The van der Waals surface area contributed by atoms with Gasteiger partial charge >= 0.3 is 5.97 Å². The zero-order valence-corrected chi connectivity index (χ0v) is 21.3. The van der Waals surface area contributed by atoms with Crippen molar-refractivity contribution in [2.75, 3.05) is 13.2 Å². The molecule has 0 aliphatic heterocycles. The summed E-state index contributed by atoms with van der Waals surface area (Å²) in [6.07, 6.45) is 8.93. The molecular formula is C30H33N3O5. The van der Waals surface area contributed by atoms with Crippen LogP contribution in [0.3, 0.4) is 0 Å². The maximum Gasteiger partial charge on any atom is 0.327 e. The highest BCUT2D eigenvalue weighted by atomic mass is 16.5. The number of para-hydroxylation sites is 2. The van der Waals surface area contributed by atoms with E-state index in [-0.39, 0.29) is 11.7 Å². The first-order valence-corrected chi connectivity index (χ1v) is 13.3. The van der Waals surface area contributed by atoms with Crippen molar-refractivity contribution in [1.29, 1.82) is 0 Å². The summed E-state index contributed by atoms with van der Waals surface area (Å²) >= 11 is 0. The molecule has 2 aromatic carbocycles. The molecule has 198 valence electrons. The van der Waals surface area contributed by atoms with Crippen LogP contribution in [0.15, 0.2) is 71.4 Å². The van der Waals surface area contributed by atoms with Crippen LogP contribution in [0, 0.1) is 5.92 Å². The minimum Gasteiger partial charge on any atom is -0.492 e. The highest BCUT2D eigenvalue weighted by molar-refractivity contribution is 5.97. The average molecular weight is 516 g/mol. The predicted molar refractivity (Wildman–Crippen MR) is 143 cm³/mol. The number of carbonyl (C=O) groups excluding carboxylic acids is 1. The van der Waals surface area contributed by atoms with Crippen molar-refractivity contribution in [2.45, 2.75) is 51.1 Å². The average Bonchev–Trinajstić information content (AvgIpc) is 3.59. The van der Waals surface area contributed by atoms with E-state index in [1.807, 2.05) is 48.5 Å². The van der Waals surface area contributed by atoms with Crippen molar-refractivity contribution in [1.82, 2.24) is 14.9 Å².